The summed E-state index contributed by atoms with van der Waals surface area (Å²) >= 11 is 12.0. The highest BCUT2D eigenvalue weighted by atomic mass is 35.5. The molecule has 0 aliphatic rings. The first-order valence-electron chi connectivity index (χ1n) is 4.57. The molecule has 1 heterocycles. The van der Waals surface area contributed by atoms with Crippen molar-refractivity contribution < 1.29 is 0 Å². The van der Waals surface area contributed by atoms with Crippen LogP contribution in [0.3, 0.4) is 0 Å². The standard InChI is InChI=1S/C11H5Cl2N3O/c12-7-2-1-3-8(13)9(7)10-6(4-14)11(17)16-5-15-10/h1-3,5H,(H,15,16,17). The highest BCUT2D eigenvalue weighted by Gasteiger charge is 2.16. The van der Waals surface area contributed by atoms with Gasteiger partial charge in [0.1, 0.15) is 11.6 Å². The third-order valence-electron chi connectivity index (χ3n) is 2.16. The molecular weight excluding hydrogens is 261 g/mol. The molecule has 2 aromatic rings. The smallest absolute Gasteiger partial charge is 0.269 e. The van der Waals surface area contributed by atoms with Crippen molar-refractivity contribution in [3.63, 3.8) is 0 Å². The number of aromatic nitrogens is 2. The van der Waals surface area contributed by atoms with Gasteiger partial charge in [-0.3, -0.25) is 4.79 Å². The molecule has 0 saturated carbocycles. The average Bonchev–Trinajstić information content (AvgIpc) is 2.29. The van der Waals surface area contributed by atoms with E-state index in [1.54, 1.807) is 24.3 Å². The first-order valence-corrected chi connectivity index (χ1v) is 5.33. The Morgan fingerprint density at radius 3 is 2.53 bits per heavy atom. The minimum atomic E-state index is -0.520. The van der Waals surface area contributed by atoms with Crippen LogP contribution >= 0.6 is 23.2 Å². The van der Waals surface area contributed by atoms with E-state index in [0.717, 1.165) is 0 Å². The van der Waals surface area contributed by atoms with Crippen molar-refractivity contribution >= 4 is 23.2 Å². The van der Waals surface area contributed by atoms with Crippen molar-refractivity contribution in [3.8, 4) is 17.3 Å². The molecule has 6 heteroatoms. The summed E-state index contributed by atoms with van der Waals surface area (Å²) in [5, 5.41) is 9.63. The highest BCUT2D eigenvalue weighted by Crippen LogP contribution is 2.33. The van der Waals surface area contributed by atoms with Crippen LogP contribution in [0.15, 0.2) is 29.3 Å². The van der Waals surface area contributed by atoms with Gasteiger partial charge in [-0.05, 0) is 12.1 Å². The normalized spacial score (nSPS) is 9.94. The van der Waals surface area contributed by atoms with Gasteiger partial charge in [0.05, 0.1) is 22.1 Å². The molecule has 1 aromatic carbocycles. The van der Waals surface area contributed by atoms with Crippen LogP contribution in [0.4, 0.5) is 0 Å². The first kappa shape index (κ1) is 11.6. The van der Waals surface area contributed by atoms with Crippen LogP contribution in [0.1, 0.15) is 5.56 Å². The van der Waals surface area contributed by atoms with E-state index in [9.17, 15) is 4.79 Å². The topological polar surface area (TPSA) is 69.5 Å². The van der Waals surface area contributed by atoms with E-state index in [1.165, 1.54) is 6.33 Å². The van der Waals surface area contributed by atoms with Gasteiger partial charge in [0.15, 0.2) is 0 Å². The fourth-order valence-electron chi connectivity index (χ4n) is 1.42. The molecule has 1 N–H and O–H groups in total. The Morgan fingerprint density at radius 2 is 1.94 bits per heavy atom. The van der Waals surface area contributed by atoms with Crippen molar-refractivity contribution in [1.29, 1.82) is 5.26 Å². The number of halogens is 2. The van der Waals surface area contributed by atoms with Gasteiger partial charge in [-0.2, -0.15) is 5.26 Å². The molecule has 0 saturated heterocycles. The predicted octanol–water partition coefficient (Wildman–Crippen LogP) is 2.62. The van der Waals surface area contributed by atoms with Crippen molar-refractivity contribution in [2.24, 2.45) is 0 Å². The molecule has 1 aromatic heterocycles. The van der Waals surface area contributed by atoms with Crippen LogP contribution in [0.5, 0.6) is 0 Å². The van der Waals surface area contributed by atoms with Crippen LogP contribution in [0.25, 0.3) is 11.3 Å². The summed E-state index contributed by atoms with van der Waals surface area (Å²) in [5.74, 6) is 0. The lowest BCUT2D eigenvalue weighted by Gasteiger charge is -2.06. The molecule has 0 spiro atoms. The molecule has 0 amide bonds. The summed E-state index contributed by atoms with van der Waals surface area (Å²) in [6, 6.07) is 6.70. The number of H-pyrrole nitrogens is 1. The Morgan fingerprint density at radius 1 is 1.29 bits per heavy atom. The van der Waals surface area contributed by atoms with Crippen LogP contribution in [0, 0.1) is 11.3 Å². The fourth-order valence-corrected chi connectivity index (χ4v) is 1.99. The molecule has 0 radical (unpaired) electrons. The molecule has 2 rings (SSSR count). The zero-order valence-corrected chi connectivity index (χ0v) is 9.88. The lowest BCUT2D eigenvalue weighted by Crippen LogP contribution is -2.12. The van der Waals surface area contributed by atoms with Crippen LogP contribution < -0.4 is 5.56 Å². The van der Waals surface area contributed by atoms with Gasteiger partial charge < -0.3 is 4.98 Å². The number of rotatable bonds is 1. The van der Waals surface area contributed by atoms with Gasteiger partial charge in [0, 0.05) is 5.56 Å². The maximum atomic E-state index is 11.5. The number of nitrogens with one attached hydrogen (secondary N) is 1. The second-order valence-electron chi connectivity index (χ2n) is 3.16. The molecule has 0 aliphatic heterocycles. The summed E-state index contributed by atoms with van der Waals surface area (Å²) in [6.45, 7) is 0. The van der Waals surface area contributed by atoms with Gasteiger partial charge in [-0.1, -0.05) is 29.3 Å². The summed E-state index contributed by atoms with van der Waals surface area (Å²) < 4.78 is 0. The third-order valence-corrected chi connectivity index (χ3v) is 2.79. The Kier molecular flexibility index (Phi) is 3.14. The van der Waals surface area contributed by atoms with Crippen molar-refractivity contribution in [2.45, 2.75) is 0 Å². The highest BCUT2D eigenvalue weighted by molar-refractivity contribution is 6.39. The molecule has 4 nitrogen and oxygen atoms in total. The summed E-state index contributed by atoms with van der Waals surface area (Å²) in [4.78, 5) is 17.7. The first-order chi connectivity index (χ1) is 8.15. The van der Waals surface area contributed by atoms with E-state index in [0.29, 0.717) is 15.6 Å². The number of nitriles is 1. The molecule has 84 valence electrons. The molecule has 0 aliphatic carbocycles. The Labute approximate surface area is 106 Å². The molecule has 0 unspecified atom stereocenters. The van der Waals surface area contributed by atoms with Crippen LogP contribution in [-0.4, -0.2) is 9.97 Å². The van der Waals surface area contributed by atoms with E-state index < -0.39 is 5.56 Å². The van der Waals surface area contributed by atoms with Gasteiger partial charge in [0.2, 0.25) is 0 Å². The quantitative estimate of drug-likeness (QED) is 0.862. The second kappa shape index (κ2) is 4.58. The number of nitrogens with zero attached hydrogens (tertiary/aromatic N) is 2. The lowest BCUT2D eigenvalue weighted by atomic mass is 10.1. The van der Waals surface area contributed by atoms with E-state index >= 15 is 0 Å². The predicted molar refractivity (Wildman–Crippen MR) is 65.0 cm³/mol. The monoisotopic (exact) mass is 265 g/mol. The summed E-state index contributed by atoms with van der Waals surface area (Å²) in [6.07, 6.45) is 1.21. The number of hydrogen-bond acceptors (Lipinski definition) is 3. The number of benzene rings is 1. The van der Waals surface area contributed by atoms with Crippen LogP contribution in [-0.2, 0) is 0 Å². The Bertz CT molecular complexity index is 653. The Hall–Kier alpha value is -1.83. The van der Waals surface area contributed by atoms with E-state index in [2.05, 4.69) is 9.97 Å². The third kappa shape index (κ3) is 2.03. The van der Waals surface area contributed by atoms with E-state index in [1.807, 2.05) is 0 Å². The summed E-state index contributed by atoms with van der Waals surface area (Å²) in [5.41, 5.74) is -0.0543. The Balaban J connectivity index is 2.83. The molecular formula is C11H5Cl2N3O. The molecule has 0 atom stereocenters. The zero-order chi connectivity index (χ0) is 12.4. The average molecular weight is 266 g/mol. The van der Waals surface area contributed by atoms with E-state index in [-0.39, 0.29) is 11.3 Å². The van der Waals surface area contributed by atoms with Gasteiger partial charge in [-0.25, -0.2) is 4.98 Å². The lowest BCUT2D eigenvalue weighted by molar-refractivity contribution is 1.11. The maximum absolute atomic E-state index is 11.5. The van der Waals surface area contributed by atoms with Gasteiger partial charge in [0.25, 0.3) is 5.56 Å². The van der Waals surface area contributed by atoms with Crippen molar-refractivity contribution in [2.75, 3.05) is 0 Å². The number of aromatic amines is 1. The molecule has 17 heavy (non-hydrogen) atoms. The molecule has 0 bridgehead atoms. The maximum Gasteiger partial charge on any atom is 0.269 e. The minimum absolute atomic E-state index is 0.109. The van der Waals surface area contributed by atoms with E-state index in [4.69, 9.17) is 28.5 Å². The second-order valence-corrected chi connectivity index (χ2v) is 3.98. The summed E-state index contributed by atoms with van der Waals surface area (Å²) in [7, 11) is 0. The van der Waals surface area contributed by atoms with Crippen molar-refractivity contribution in [3.05, 3.63) is 50.5 Å². The largest absolute Gasteiger partial charge is 0.312 e. The minimum Gasteiger partial charge on any atom is -0.312 e. The van der Waals surface area contributed by atoms with Crippen LogP contribution in [0.2, 0.25) is 10.0 Å². The zero-order valence-electron chi connectivity index (χ0n) is 8.37. The fraction of sp³-hybridized carbons (Fsp3) is 0. The SMILES string of the molecule is N#Cc1c(-c2c(Cl)cccc2Cl)nc[nH]c1=O. The molecule has 0 fully saturated rings. The van der Waals surface area contributed by atoms with Gasteiger partial charge in [-0.15, -0.1) is 0 Å². The number of hydrogen-bond donors (Lipinski definition) is 1. The van der Waals surface area contributed by atoms with Gasteiger partial charge >= 0.3 is 0 Å². The van der Waals surface area contributed by atoms with Crippen molar-refractivity contribution in [1.82, 2.24) is 9.97 Å².